The van der Waals surface area contributed by atoms with Gasteiger partial charge in [0.1, 0.15) is 0 Å². The number of aromatic nitrogens is 6. The number of hydrogen-bond acceptors (Lipinski definition) is 7. The molecule has 6 nitrogen and oxygen atoms in total. The first kappa shape index (κ1) is 55.0. The topological polar surface area (TPSA) is 77.3 Å². The molecule has 0 spiro atoms. The molecule has 0 N–H and O–H groups in total. The summed E-state index contributed by atoms with van der Waals surface area (Å²) in [4.78, 5) is 32.0. The van der Waals surface area contributed by atoms with E-state index in [0.29, 0.717) is 34.9 Å². The number of rotatable bonds is 10. The van der Waals surface area contributed by atoms with Crippen LogP contribution in [-0.2, 0) is 5.41 Å². The molecule has 0 saturated carbocycles. The zero-order valence-electron chi connectivity index (χ0n) is 51.5. The summed E-state index contributed by atoms with van der Waals surface area (Å²) in [5.41, 5.74) is 19.2. The summed E-state index contributed by atoms with van der Waals surface area (Å²) in [5, 5.41) is 9.38. The molecule has 17 aromatic rings. The highest BCUT2D eigenvalue weighted by Crippen LogP contribution is 2.57. The van der Waals surface area contributed by atoms with Gasteiger partial charge in [0.05, 0.1) is 0 Å². The van der Waals surface area contributed by atoms with Gasteiger partial charge in [0, 0.05) is 64.4 Å². The summed E-state index contributed by atoms with van der Waals surface area (Å²) < 4.78 is 2.53. The summed E-state index contributed by atoms with van der Waals surface area (Å²) in [7, 11) is 0. The lowest BCUT2D eigenvalue weighted by molar-refractivity contribution is 0.666. The minimum Gasteiger partial charge on any atom is -0.208 e. The van der Waals surface area contributed by atoms with E-state index in [4.69, 9.17) is 29.9 Å². The van der Waals surface area contributed by atoms with Gasteiger partial charge in [0.2, 0.25) is 0 Å². The second-order valence-electron chi connectivity index (χ2n) is 24.8. The normalized spacial score (nSPS) is 12.4. The number of hydrogen-bond donors (Lipinski definition) is 0. The molecular formula is C87H56N6S. The van der Waals surface area contributed by atoms with Crippen LogP contribution in [0.25, 0.3) is 176 Å². The van der Waals surface area contributed by atoms with Crippen LogP contribution in [0, 0.1) is 0 Å². The van der Waals surface area contributed by atoms with Gasteiger partial charge < -0.3 is 0 Å². The fourth-order valence-corrected chi connectivity index (χ4v) is 15.9. The molecule has 0 atom stereocenters. The first-order valence-corrected chi connectivity index (χ1v) is 32.7. The van der Waals surface area contributed by atoms with Crippen LogP contribution in [0.2, 0.25) is 0 Å². The van der Waals surface area contributed by atoms with Crippen molar-refractivity contribution in [1.29, 1.82) is 0 Å². The van der Waals surface area contributed by atoms with Crippen LogP contribution in [0.4, 0.5) is 0 Å². The molecule has 94 heavy (non-hydrogen) atoms. The first-order valence-electron chi connectivity index (χ1n) is 31.9. The lowest BCUT2D eigenvalue weighted by Crippen LogP contribution is -2.16. The van der Waals surface area contributed by atoms with Gasteiger partial charge in [-0.25, -0.2) is 29.9 Å². The van der Waals surface area contributed by atoms with Crippen LogP contribution in [0.1, 0.15) is 25.0 Å². The SMILES string of the molecule is CC1(C)c2cccc(-c3ccc(-c4ccc(-c5nc(-c6ccccc6)nc(-c6ccccc6)n5)c5ccccc45)c4ccc5c6ccccc6sc5c34)c2-c2ccc3cccc(-c4nc(-c5cccc(-c6ccccc6)c5)nc(-c5ccccc5-c5ccccc5)n4)c3c21. The van der Waals surface area contributed by atoms with E-state index >= 15 is 0 Å². The molecule has 3 aromatic heterocycles. The Kier molecular flexibility index (Phi) is 13.0. The van der Waals surface area contributed by atoms with Crippen LogP contribution in [-0.4, -0.2) is 29.9 Å². The lowest BCUT2D eigenvalue weighted by atomic mass is 9.79. The maximum absolute atomic E-state index is 5.56. The van der Waals surface area contributed by atoms with E-state index in [-0.39, 0.29) is 0 Å². The molecule has 14 aromatic carbocycles. The smallest absolute Gasteiger partial charge is 0.164 e. The summed E-state index contributed by atoms with van der Waals surface area (Å²) in [5.74, 6) is 3.73. The van der Waals surface area contributed by atoms with Gasteiger partial charge >= 0.3 is 0 Å². The highest BCUT2D eigenvalue weighted by molar-refractivity contribution is 7.26. The molecule has 440 valence electrons. The van der Waals surface area contributed by atoms with Crippen molar-refractivity contribution in [3.8, 4) is 124 Å². The maximum Gasteiger partial charge on any atom is 0.164 e. The molecule has 18 rings (SSSR count). The molecule has 0 radical (unpaired) electrons. The van der Waals surface area contributed by atoms with Gasteiger partial charge in [-0.1, -0.05) is 299 Å². The zero-order valence-corrected chi connectivity index (χ0v) is 52.3. The molecular weight excluding hydrogens is 1160 g/mol. The highest BCUT2D eigenvalue weighted by Gasteiger charge is 2.40. The molecule has 0 amide bonds. The predicted molar refractivity (Wildman–Crippen MR) is 391 cm³/mol. The summed E-state index contributed by atoms with van der Waals surface area (Å²) in [6.07, 6.45) is 0. The molecule has 0 saturated heterocycles. The summed E-state index contributed by atoms with van der Waals surface area (Å²) in [6.45, 7) is 4.80. The number of fused-ring (bicyclic) bond motifs is 11. The van der Waals surface area contributed by atoms with Gasteiger partial charge in [-0.3, -0.25) is 0 Å². The van der Waals surface area contributed by atoms with Crippen molar-refractivity contribution in [2.75, 3.05) is 0 Å². The van der Waals surface area contributed by atoms with Gasteiger partial charge in [-0.2, -0.15) is 0 Å². The molecule has 1 aliphatic rings. The Hall–Kier alpha value is -11.9. The van der Waals surface area contributed by atoms with E-state index in [9.17, 15) is 0 Å². The van der Waals surface area contributed by atoms with Crippen molar-refractivity contribution in [2.24, 2.45) is 0 Å². The fourth-order valence-electron chi connectivity index (χ4n) is 14.6. The van der Waals surface area contributed by atoms with Crippen LogP contribution in [0.5, 0.6) is 0 Å². The Morgan fingerprint density at radius 3 is 1.43 bits per heavy atom. The Labute approximate surface area is 548 Å². The van der Waals surface area contributed by atoms with Gasteiger partial charge in [0.15, 0.2) is 34.9 Å². The lowest BCUT2D eigenvalue weighted by Gasteiger charge is -2.24. The van der Waals surface area contributed by atoms with Crippen LogP contribution >= 0.6 is 11.3 Å². The fraction of sp³-hybridized carbons (Fsp3) is 0.0345. The quantitative estimate of drug-likeness (QED) is 0.136. The van der Waals surface area contributed by atoms with E-state index in [0.717, 1.165) is 88.3 Å². The number of benzene rings is 14. The molecule has 0 bridgehead atoms. The molecule has 0 unspecified atom stereocenters. The Bertz CT molecular complexity index is 5830. The van der Waals surface area contributed by atoms with Crippen molar-refractivity contribution < 1.29 is 0 Å². The van der Waals surface area contributed by atoms with E-state index < -0.39 is 5.41 Å². The van der Waals surface area contributed by atoms with Gasteiger partial charge in [0.25, 0.3) is 0 Å². The van der Waals surface area contributed by atoms with Crippen molar-refractivity contribution in [2.45, 2.75) is 19.3 Å². The molecule has 3 heterocycles. The van der Waals surface area contributed by atoms with Crippen LogP contribution < -0.4 is 0 Å². The standard InChI is InChI=1S/C87H56N6S/c1-87(2)74-42-23-40-66(77(74)72-45-44-55-32-22-41-73(76(55)79(72)87)86-92-83(59-34-21-33-58(52-59)53-24-7-3-8-25-53)91-84(93-86)70-39-18-15-35-60(70)54-26-9-4-10-27-54)68-48-46-64(67-49-50-69-65-38-19-20-43-75(65)94-80(69)78(67)68)63-47-51-71(62-37-17-16-36-61(62)63)85-89-81(56-28-11-5-12-29-56)88-82(90-85)57-30-13-6-14-31-57/h3-52H,1-2H3. The third-order valence-corrected chi connectivity index (χ3v) is 20.2. The highest BCUT2D eigenvalue weighted by atomic mass is 32.1. The monoisotopic (exact) mass is 1220 g/mol. The zero-order chi connectivity index (χ0) is 62.4. The van der Waals surface area contributed by atoms with Crippen molar-refractivity contribution in [1.82, 2.24) is 29.9 Å². The molecule has 7 heteroatoms. The average molecular weight is 1220 g/mol. The third-order valence-electron chi connectivity index (χ3n) is 19.0. The first-order chi connectivity index (χ1) is 46.4. The van der Waals surface area contributed by atoms with E-state index in [2.05, 4.69) is 281 Å². The van der Waals surface area contributed by atoms with E-state index in [1.54, 1.807) is 0 Å². The Morgan fingerprint density at radius 1 is 0.255 bits per heavy atom. The van der Waals surface area contributed by atoms with Gasteiger partial charge in [-0.05, 0) is 112 Å². The van der Waals surface area contributed by atoms with Crippen LogP contribution in [0.15, 0.2) is 303 Å². The maximum atomic E-state index is 5.56. The second-order valence-corrected chi connectivity index (χ2v) is 25.8. The summed E-state index contributed by atoms with van der Waals surface area (Å²) >= 11 is 1.88. The Morgan fingerprint density at radius 2 is 0.713 bits per heavy atom. The number of nitrogens with zero attached hydrogens (tertiary/aromatic N) is 6. The molecule has 0 fully saturated rings. The largest absolute Gasteiger partial charge is 0.208 e. The second kappa shape index (κ2) is 22.2. The average Bonchev–Trinajstić information content (AvgIpc) is 1.52. The Balaban J connectivity index is 0.834. The van der Waals surface area contributed by atoms with Gasteiger partial charge in [-0.15, -0.1) is 11.3 Å². The predicted octanol–water partition coefficient (Wildman–Crippen LogP) is 22.9. The van der Waals surface area contributed by atoms with E-state index in [1.807, 2.05) is 47.7 Å². The van der Waals surface area contributed by atoms with Crippen molar-refractivity contribution in [3.05, 3.63) is 314 Å². The van der Waals surface area contributed by atoms with Crippen LogP contribution in [0.3, 0.4) is 0 Å². The number of thiophene rings is 1. The van der Waals surface area contributed by atoms with Crippen molar-refractivity contribution >= 4 is 63.8 Å². The van der Waals surface area contributed by atoms with Crippen molar-refractivity contribution in [3.63, 3.8) is 0 Å². The third kappa shape index (κ3) is 9.07. The van der Waals surface area contributed by atoms with E-state index in [1.165, 1.54) is 64.3 Å². The minimum absolute atomic E-state index is 0.440. The molecule has 1 aliphatic carbocycles. The molecule has 0 aliphatic heterocycles. The summed E-state index contributed by atoms with van der Waals surface area (Å²) in [6, 6.07) is 108. The minimum atomic E-state index is -0.440.